The van der Waals surface area contributed by atoms with Crippen LogP contribution in [0.5, 0.6) is 0 Å². The number of nitrogens with one attached hydrogen (secondary N) is 1. The van der Waals surface area contributed by atoms with Crippen LogP contribution < -0.4 is 0 Å². The molecule has 0 bridgehead atoms. The number of nitrogens with zero attached hydrogens (tertiary/aromatic N) is 1. The summed E-state index contributed by atoms with van der Waals surface area (Å²) < 4.78 is 10.2. The molecule has 0 aliphatic rings. The van der Waals surface area contributed by atoms with Crippen molar-refractivity contribution in [2.75, 3.05) is 13.2 Å². The summed E-state index contributed by atoms with van der Waals surface area (Å²) in [7, 11) is 0. The molecular formula is C19H24N2O5. The number of amides is 1. The fraction of sp³-hybridized carbons (Fsp3) is 0.421. The molecule has 2 aromatic rings. The van der Waals surface area contributed by atoms with Crippen molar-refractivity contribution in [2.24, 2.45) is 0 Å². The zero-order valence-corrected chi connectivity index (χ0v) is 15.7. The standard InChI is InChI=1S/C19H24N2O5/c1-6-21(18(23)14-9-8-10-26-14)13(5)17(22)15-11(3)16(20-12(15)4)19(24)25-7-2/h8-10,13,20H,6-7H2,1-5H3/t13-/m0/s1. The van der Waals surface area contributed by atoms with Crippen LogP contribution in [0.1, 0.15) is 63.4 Å². The van der Waals surface area contributed by atoms with E-state index in [-0.39, 0.29) is 29.8 Å². The summed E-state index contributed by atoms with van der Waals surface area (Å²) in [5.74, 6) is -0.914. The number of ketones is 1. The molecule has 0 aliphatic carbocycles. The van der Waals surface area contributed by atoms with E-state index in [0.29, 0.717) is 23.4 Å². The van der Waals surface area contributed by atoms with Crippen LogP contribution in [0.15, 0.2) is 22.8 Å². The molecule has 7 nitrogen and oxygen atoms in total. The summed E-state index contributed by atoms with van der Waals surface area (Å²) in [6.45, 7) is 9.20. The van der Waals surface area contributed by atoms with Gasteiger partial charge in [-0.25, -0.2) is 4.79 Å². The van der Waals surface area contributed by atoms with Gasteiger partial charge in [-0.1, -0.05) is 0 Å². The minimum atomic E-state index is -0.708. The second-order valence-corrected chi connectivity index (χ2v) is 5.95. The van der Waals surface area contributed by atoms with Crippen molar-refractivity contribution >= 4 is 17.7 Å². The average molecular weight is 360 g/mol. The van der Waals surface area contributed by atoms with Crippen molar-refractivity contribution in [3.8, 4) is 0 Å². The highest BCUT2D eigenvalue weighted by molar-refractivity contribution is 6.07. The van der Waals surface area contributed by atoms with Crippen LogP contribution in [0.25, 0.3) is 0 Å². The Morgan fingerprint density at radius 2 is 1.96 bits per heavy atom. The first-order valence-electron chi connectivity index (χ1n) is 8.58. The maximum atomic E-state index is 13.1. The molecule has 26 heavy (non-hydrogen) atoms. The maximum Gasteiger partial charge on any atom is 0.355 e. The lowest BCUT2D eigenvalue weighted by molar-refractivity contribution is 0.0518. The van der Waals surface area contributed by atoms with Gasteiger partial charge >= 0.3 is 5.97 Å². The molecule has 0 unspecified atom stereocenters. The van der Waals surface area contributed by atoms with Crippen LogP contribution >= 0.6 is 0 Å². The van der Waals surface area contributed by atoms with Crippen molar-refractivity contribution in [3.05, 3.63) is 46.7 Å². The van der Waals surface area contributed by atoms with Gasteiger partial charge in [-0.2, -0.15) is 0 Å². The van der Waals surface area contributed by atoms with Crippen molar-refractivity contribution in [1.82, 2.24) is 9.88 Å². The Morgan fingerprint density at radius 3 is 2.50 bits per heavy atom. The summed E-state index contributed by atoms with van der Waals surface area (Å²) in [5, 5.41) is 0. The largest absolute Gasteiger partial charge is 0.461 e. The second kappa shape index (κ2) is 8.03. The lowest BCUT2D eigenvalue weighted by Crippen LogP contribution is -2.43. The van der Waals surface area contributed by atoms with Crippen LogP contribution in [0.3, 0.4) is 0 Å². The van der Waals surface area contributed by atoms with Gasteiger partial charge in [-0.3, -0.25) is 9.59 Å². The molecule has 1 atom stereocenters. The molecule has 0 fully saturated rings. The number of carbonyl (C=O) groups is 3. The number of aromatic nitrogens is 1. The minimum absolute atomic E-state index is 0.182. The van der Waals surface area contributed by atoms with Crippen LogP contribution in [0.4, 0.5) is 0 Å². The minimum Gasteiger partial charge on any atom is -0.461 e. The number of hydrogen-bond acceptors (Lipinski definition) is 5. The first kappa shape index (κ1) is 19.5. The van der Waals surface area contributed by atoms with Crippen LogP contribution in [0.2, 0.25) is 0 Å². The fourth-order valence-corrected chi connectivity index (χ4v) is 3.01. The zero-order valence-electron chi connectivity index (χ0n) is 15.7. The highest BCUT2D eigenvalue weighted by atomic mass is 16.5. The quantitative estimate of drug-likeness (QED) is 0.605. The second-order valence-electron chi connectivity index (χ2n) is 5.95. The summed E-state index contributed by atoms with van der Waals surface area (Å²) in [5.41, 5.74) is 1.77. The number of furan rings is 1. The molecule has 140 valence electrons. The molecule has 1 N–H and O–H groups in total. The monoisotopic (exact) mass is 360 g/mol. The average Bonchev–Trinajstić information content (AvgIpc) is 3.23. The number of Topliss-reactive ketones (excluding diaryl/α,β-unsaturated/α-hetero) is 1. The Hall–Kier alpha value is -2.83. The molecule has 2 aromatic heterocycles. The number of aromatic amines is 1. The van der Waals surface area contributed by atoms with Gasteiger partial charge in [0.1, 0.15) is 5.69 Å². The SMILES string of the molecule is CCOC(=O)c1[nH]c(C)c(C(=O)[C@H](C)N(CC)C(=O)c2ccco2)c1C. The van der Waals surface area contributed by atoms with Gasteiger partial charge in [-0.05, 0) is 52.3 Å². The number of rotatable bonds is 7. The fourth-order valence-electron chi connectivity index (χ4n) is 3.01. The highest BCUT2D eigenvalue weighted by Crippen LogP contribution is 2.22. The molecule has 7 heteroatoms. The Kier molecular flexibility index (Phi) is 6.02. The van der Waals surface area contributed by atoms with Crippen LogP contribution in [0, 0.1) is 13.8 Å². The predicted molar refractivity (Wildman–Crippen MR) is 95.4 cm³/mol. The van der Waals surface area contributed by atoms with Gasteiger partial charge in [0, 0.05) is 17.8 Å². The smallest absolute Gasteiger partial charge is 0.355 e. The molecular weight excluding hydrogens is 336 g/mol. The molecule has 1 amide bonds. The topological polar surface area (TPSA) is 92.6 Å². The molecule has 0 saturated heterocycles. The summed E-state index contributed by atoms with van der Waals surface area (Å²) >= 11 is 0. The van der Waals surface area contributed by atoms with E-state index in [0.717, 1.165) is 0 Å². The number of H-pyrrole nitrogens is 1. The van der Waals surface area contributed by atoms with E-state index < -0.39 is 12.0 Å². The Bertz CT molecular complexity index is 804. The van der Waals surface area contributed by atoms with Crippen molar-refractivity contribution < 1.29 is 23.5 Å². The van der Waals surface area contributed by atoms with E-state index in [4.69, 9.17) is 9.15 Å². The first-order valence-corrected chi connectivity index (χ1v) is 8.58. The van der Waals surface area contributed by atoms with E-state index in [2.05, 4.69) is 4.98 Å². The molecule has 0 radical (unpaired) electrons. The van der Waals surface area contributed by atoms with Crippen LogP contribution in [-0.2, 0) is 4.74 Å². The van der Waals surface area contributed by atoms with Crippen LogP contribution in [-0.4, -0.2) is 46.7 Å². The van der Waals surface area contributed by atoms with Crippen molar-refractivity contribution in [3.63, 3.8) is 0 Å². The lowest BCUT2D eigenvalue weighted by atomic mass is 9.99. The van der Waals surface area contributed by atoms with Gasteiger partial charge in [-0.15, -0.1) is 0 Å². The van der Waals surface area contributed by atoms with Crippen molar-refractivity contribution in [2.45, 2.75) is 40.7 Å². The summed E-state index contributed by atoms with van der Waals surface area (Å²) in [6, 6.07) is 2.48. The number of carbonyl (C=O) groups excluding carboxylic acids is 3. The zero-order chi connectivity index (χ0) is 19.4. The molecule has 0 aliphatic heterocycles. The van der Waals surface area contributed by atoms with Gasteiger partial charge in [0.2, 0.25) is 0 Å². The van der Waals surface area contributed by atoms with E-state index in [1.807, 2.05) is 0 Å². The highest BCUT2D eigenvalue weighted by Gasteiger charge is 2.31. The Labute approximate surface area is 152 Å². The van der Waals surface area contributed by atoms with Crippen molar-refractivity contribution in [1.29, 1.82) is 0 Å². The van der Waals surface area contributed by atoms with E-state index >= 15 is 0 Å². The molecule has 2 heterocycles. The van der Waals surface area contributed by atoms with E-state index in [1.54, 1.807) is 46.8 Å². The number of hydrogen-bond donors (Lipinski definition) is 1. The third kappa shape index (κ3) is 3.56. The molecule has 0 saturated carbocycles. The predicted octanol–water partition coefficient (Wildman–Crippen LogP) is 3.13. The van der Waals surface area contributed by atoms with Gasteiger partial charge in [0.15, 0.2) is 11.5 Å². The number of esters is 1. The maximum absolute atomic E-state index is 13.1. The molecule has 0 aromatic carbocycles. The Morgan fingerprint density at radius 1 is 1.27 bits per heavy atom. The number of ether oxygens (including phenoxy) is 1. The first-order chi connectivity index (χ1) is 12.3. The summed E-state index contributed by atoms with van der Waals surface area (Å²) in [4.78, 5) is 42.0. The molecule has 0 spiro atoms. The van der Waals surface area contributed by atoms with E-state index in [1.165, 1.54) is 11.2 Å². The normalized spacial score (nSPS) is 11.9. The third-order valence-corrected chi connectivity index (χ3v) is 4.34. The number of likely N-dealkylation sites (N-methyl/N-ethyl adjacent to an activating group) is 1. The third-order valence-electron chi connectivity index (χ3n) is 4.34. The Balaban J connectivity index is 2.32. The van der Waals surface area contributed by atoms with Gasteiger partial charge in [0.25, 0.3) is 5.91 Å². The lowest BCUT2D eigenvalue weighted by Gasteiger charge is -2.26. The van der Waals surface area contributed by atoms with Gasteiger partial charge < -0.3 is 19.0 Å². The molecule has 2 rings (SSSR count). The van der Waals surface area contributed by atoms with Gasteiger partial charge in [0.05, 0.1) is 18.9 Å². The number of aryl methyl sites for hydroxylation is 1. The summed E-state index contributed by atoms with van der Waals surface area (Å²) in [6.07, 6.45) is 1.42. The van der Waals surface area contributed by atoms with E-state index in [9.17, 15) is 14.4 Å².